The molecular formula is C15H28N2O2. The van der Waals surface area contributed by atoms with Crippen LogP contribution in [-0.4, -0.2) is 41.7 Å². The van der Waals surface area contributed by atoms with Crippen molar-refractivity contribution < 1.29 is 9.90 Å². The number of likely N-dealkylation sites (tertiary alicyclic amines) is 1. The number of hydrogen-bond donors (Lipinski definition) is 2. The molecule has 4 heteroatoms. The predicted molar refractivity (Wildman–Crippen MR) is 75.4 cm³/mol. The van der Waals surface area contributed by atoms with Gasteiger partial charge in [0.15, 0.2) is 0 Å². The van der Waals surface area contributed by atoms with Crippen molar-refractivity contribution in [2.75, 3.05) is 19.7 Å². The molecule has 0 aromatic heterocycles. The van der Waals surface area contributed by atoms with Crippen LogP contribution in [0.5, 0.6) is 0 Å². The van der Waals surface area contributed by atoms with Gasteiger partial charge in [0.1, 0.15) is 0 Å². The van der Waals surface area contributed by atoms with Crippen LogP contribution in [0.3, 0.4) is 0 Å². The smallest absolute Gasteiger partial charge is 0.226 e. The molecule has 0 aromatic carbocycles. The Morgan fingerprint density at radius 2 is 2.05 bits per heavy atom. The molecule has 2 fully saturated rings. The molecule has 1 saturated carbocycles. The van der Waals surface area contributed by atoms with Gasteiger partial charge in [0.25, 0.3) is 0 Å². The normalized spacial score (nSPS) is 39.6. The lowest BCUT2D eigenvalue weighted by atomic mass is 9.72. The van der Waals surface area contributed by atoms with Crippen LogP contribution in [-0.2, 0) is 4.79 Å². The van der Waals surface area contributed by atoms with E-state index in [0.29, 0.717) is 23.7 Å². The monoisotopic (exact) mass is 268 g/mol. The van der Waals surface area contributed by atoms with Gasteiger partial charge in [-0.25, -0.2) is 0 Å². The van der Waals surface area contributed by atoms with Crippen molar-refractivity contribution in [3.05, 3.63) is 0 Å². The zero-order chi connectivity index (χ0) is 14.0. The highest BCUT2D eigenvalue weighted by Crippen LogP contribution is 2.35. The van der Waals surface area contributed by atoms with Crippen molar-refractivity contribution in [2.24, 2.45) is 29.4 Å². The van der Waals surface area contributed by atoms with Crippen molar-refractivity contribution >= 4 is 5.91 Å². The van der Waals surface area contributed by atoms with E-state index in [2.05, 4.69) is 13.8 Å². The van der Waals surface area contributed by atoms with E-state index in [1.54, 1.807) is 0 Å². The largest absolute Gasteiger partial charge is 0.396 e. The first-order valence-electron chi connectivity index (χ1n) is 7.68. The van der Waals surface area contributed by atoms with Crippen LogP contribution in [0.1, 0.15) is 39.5 Å². The SMILES string of the molecule is CC1CC(C)C(C(=O)N2CCC(CCO)C2)CC1N. The molecule has 0 aromatic rings. The summed E-state index contributed by atoms with van der Waals surface area (Å²) < 4.78 is 0. The summed E-state index contributed by atoms with van der Waals surface area (Å²) in [5.74, 6) is 1.87. The molecule has 110 valence electrons. The van der Waals surface area contributed by atoms with Gasteiger partial charge in [-0.05, 0) is 43.4 Å². The molecule has 0 radical (unpaired) electrons. The third kappa shape index (κ3) is 3.29. The fourth-order valence-electron chi connectivity index (χ4n) is 3.71. The fraction of sp³-hybridized carbons (Fsp3) is 0.933. The van der Waals surface area contributed by atoms with E-state index in [1.165, 1.54) is 0 Å². The molecule has 4 nitrogen and oxygen atoms in total. The van der Waals surface area contributed by atoms with Gasteiger partial charge in [-0.15, -0.1) is 0 Å². The van der Waals surface area contributed by atoms with E-state index in [9.17, 15) is 4.79 Å². The van der Waals surface area contributed by atoms with E-state index >= 15 is 0 Å². The quantitative estimate of drug-likeness (QED) is 0.809. The lowest BCUT2D eigenvalue weighted by Crippen LogP contribution is -2.46. The zero-order valence-corrected chi connectivity index (χ0v) is 12.2. The molecule has 2 aliphatic rings. The molecule has 1 amide bonds. The van der Waals surface area contributed by atoms with Crippen molar-refractivity contribution in [3.63, 3.8) is 0 Å². The summed E-state index contributed by atoms with van der Waals surface area (Å²) in [4.78, 5) is 14.6. The maximum Gasteiger partial charge on any atom is 0.226 e. The Hall–Kier alpha value is -0.610. The topological polar surface area (TPSA) is 66.6 Å². The van der Waals surface area contributed by atoms with Gasteiger partial charge in [0, 0.05) is 31.7 Å². The second-order valence-electron chi connectivity index (χ2n) is 6.65. The van der Waals surface area contributed by atoms with Crippen LogP contribution in [0.4, 0.5) is 0 Å². The molecule has 5 unspecified atom stereocenters. The van der Waals surface area contributed by atoms with Crippen molar-refractivity contribution in [1.82, 2.24) is 4.90 Å². The molecule has 1 heterocycles. The molecule has 19 heavy (non-hydrogen) atoms. The van der Waals surface area contributed by atoms with Gasteiger partial charge < -0.3 is 15.7 Å². The molecule has 5 atom stereocenters. The maximum atomic E-state index is 12.6. The standard InChI is InChI=1S/C15H28N2O2/c1-10-7-11(2)14(16)8-13(10)15(19)17-5-3-12(9-17)4-6-18/h10-14,18H,3-9,16H2,1-2H3. The zero-order valence-electron chi connectivity index (χ0n) is 12.2. The predicted octanol–water partition coefficient (Wildman–Crippen LogP) is 1.23. The number of carbonyl (C=O) groups is 1. The minimum atomic E-state index is 0.110. The summed E-state index contributed by atoms with van der Waals surface area (Å²) in [7, 11) is 0. The van der Waals surface area contributed by atoms with Crippen molar-refractivity contribution in [2.45, 2.75) is 45.6 Å². The maximum absolute atomic E-state index is 12.6. The third-order valence-electron chi connectivity index (χ3n) is 5.14. The fourth-order valence-corrected chi connectivity index (χ4v) is 3.71. The first-order valence-corrected chi connectivity index (χ1v) is 7.68. The van der Waals surface area contributed by atoms with E-state index in [-0.39, 0.29) is 18.6 Å². The number of nitrogens with zero attached hydrogens (tertiary/aromatic N) is 1. The Morgan fingerprint density at radius 3 is 2.74 bits per heavy atom. The Labute approximate surface area is 116 Å². The van der Waals surface area contributed by atoms with Crippen LogP contribution in [0.15, 0.2) is 0 Å². The highest BCUT2D eigenvalue weighted by atomic mass is 16.3. The van der Waals surface area contributed by atoms with E-state index in [1.807, 2.05) is 4.90 Å². The number of aliphatic hydroxyl groups excluding tert-OH is 1. The number of hydrogen-bond acceptors (Lipinski definition) is 3. The van der Waals surface area contributed by atoms with Gasteiger partial charge in [0.05, 0.1) is 0 Å². The number of nitrogens with two attached hydrogens (primary N) is 1. The van der Waals surface area contributed by atoms with Crippen LogP contribution < -0.4 is 5.73 Å². The summed E-state index contributed by atoms with van der Waals surface area (Å²) >= 11 is 0. The molecule has 3 N–H and O–H groups in total. The van der Waals surface area contributed by atoms with Crippen molar-refractivity contribution in [1.29, 1.82) is 0 Å². The molecule has 0 spiro atoms. The number of amides is 1. The second-order valence-corrected chi connectivity index (χ2v) is 6.65. The van der Waals surface area contributed by atoms with Gasteiger partial charge in [-0.1, -0.05) is 13.8 Å². The first-order chi connectivity index (χ1) is 9.02. The van der Waals surface area contributed by atoms with Gasteiger partial charge in [-0.2, -0.15) is 0 Å². The summed E-state index contributed by atoms with van der Waals surface area (Å²) in [5, 5.41) is 8.99. The van der Waals surface area contributed by atoms with Crippen LogP contribution >= 0.6 is 0 Å². The minimum Gasteiger partial charge on any atom is -0.396 e. The Morgan fingerprint density at radius 1 is 1.32 bits per heavy atom. The van der Waals surface area contributed by atoms with E-state index in [0.717, 1.165) is 38.8 Å². The summed E-state index contributed by atoms with van der Waals surface area (Å²) in [5.41, 5.74) is 6.14. The highest BCUT2D eigenvalue weighted by Gasteiger charge is 2.38. The Bertz CT molecular complexity index is 321. The third-order valence-corrected chi connectivity index (χ3v) is 5.14. The second kappa shape index (κ2) is 6.23. The molecular weight excluding hydrogens is 240 g/mol. The first kappa shape index (κ1) is 14.8. The number of aliphatic hydroxyl groups is 1. The number of carbonyl (C=O) groups excluding carboxylic acids is 1. The van der Waals surface area contributed by atoms with Crippen LogP contribution in [0.2, 0.25) is 0 Å². The summed E-state index contributed by atoms with van der Waals surface area (Å²) in [6, 6.07) is 0.168. The number of rotatable bonds is 3. The van der Waals surface area contributed by atoms with Gasteiger partial charge in [-0.3, -0.25) is 4.79 Å². The van der Waals surface area contributed by atoms with Crippen LogP contribution in [0, 0.1) is 23.7 Å². The van der Waals surface area contributed by atoms with Crippen LogP contribution in [0.25, 0.3) is 0 Å². The minimum absolute atomic E-state index is 0.110. The molecule has 0 bridgehead atoms. The lowest BCUT2D eigenvalue weighted by Gasteiger charge is -2.37. The van der Waals surface area contributed by atoms with Gasteiger partial charge in [0.2, 0.25) is 5.91 Å². The lowest BCUT2D eigenvalue weighted by molar-refractivity contribution is -0.138. The average molecular weight is 268 g/mol. The van der Waals surface area contributed by atoms with Gasteiger partial charge >= 0.3 is 0 Å². The Kier molecular flexibility index (Phi) is 4.85. The molecule has 1 aliphatic heterocycles. The summed E-state index contributed by atoms with van der Waals surface area (Å²) in [6.07, 6.45) is 3.75. The molecule has 1 saturated heterocycles. The van der Waals surface area contributed by atoms with E-state index < -0.39 is 0 Å². The Balaban J connectivity index is 1.92. The molecule has 1 aliphatic carbocycles. The highest BCUT2D eigenvalue weighted by molar-refractivity contribution is 5.79. The van der Waals surface area contributed by atoms with Crippen molar-refractivity contribution in [3.8, 4) is 0 Å². The van der Waals surface area contributed by atoms with E-state index in [4.69, 9.17) is 10.8 Å². The average Bonchev–Trinajstić information content (AvgIpc) is 2.82. The summed E-state index contributed by atoms with van der Waals surface area (Å²) in [6.45, 7) is 6.29. The molecule has 2 rings (SSSR count).